The zero-order valence-electron chi connectivity index (χ0n) is 12.7. The Bertz CT molecular complexity index is 301. The maximum atomic E-state index is 12.7. The fraction of sp³-hybridized carbons (Fsp3) is 0.933. The van der Waals surface area contributed by atoms with Crippen molar-refractivity contribution in [1.29, 1.82) is 0 Å². The molecule has 1 amide bonds. The molecule has 5 heteroatoms. The number of hydrogen-bond acceptors (Lipinski definition) is 3. The Hall–Kier alpha value is -0.320. The van der Waals surface area contributed by atoms with Gasteiger partial charge in [-0.05, 0) is 44.7 Å². The largest absolute Gasteiger partial charge is 0.384 e. The summed E-state index contributed by atoms with van der Waals surface area (Å²) in [6.07, 6.45) is 6.69. The normalized spacial score (nSPS) is 29.3. The molecule has 2 N–H and O–H groups in total. The van der Waals surface area contributed by atoms with Crippen molar-refractivity contribution in [2.75, 3.05) is 26.8 Å². The summed E-state index contributed by atoms with van der Waals surface area (Å²) in [5, 5.41) is 6.65. The average molecular weight is 305 g/mol. The molecule has 0 radical (unpaired) electrons. The lowest BCUT2D eigenvalue weighted by Crippen LogP contribution is -2.53. The number of halogens is 1. The van der Waals surface area contributed by atoms with Gasteiger partial charge in [-0.15, -0.1) is 12.4 Å². The number of nitrogens with one attached hydrogen (secondary N) is 2. The van der Waals surface area contributed by atoms with E-state index in [1.165, 1.54) is 19.3 Å². The highest BCUT2D eigenvalue weighted by Crippen LogP contribution is 2.31. The van der Waals surface area contributed by atoms with Crippen LogP contribution in [0.15, 0.2) is 0 Å². The van der Waals surface area contributed by atoms with Gasteiger partial charge in [0.15, 0.2) is 0 Å². The number of hydrogen-bond donors (Lipinski definition) is 2. The van der Waals surface area contributed by atoms with E-state index in [0.29, 0.717) is 18.6 Å². The van der Waals surface area contributed by atoms with Crippen LogP contribution in [-0.2, 0) is 9.53 Å². The van der Waals surface area contributed by atoms with Gasteiger partial charge in [-0.2, -0.15) is 0 Å². The average Bonchev–Trinajstić information content (AvgIpc) is 2.42. The molecule has 1 aliphatic carbocycles. The number of piperidine rings is 1. The Morgan fingerprint density at radius 2 is 1.95 bits per heavy atom. The minimum absolute atomic E-state index is 0. The van der Waals surface area contributed by atoms with Crippen molar-refractivity contribution >= 4 is 18.3 Å². The molecule has 0 spiro atoms. The van der Waals surface area contributed by atoms with E-state index in [9.17, 15) is 4.79 Å². The number of carbonyl (C=O) groups excluding carboxylic acids is 1. The van der Waals surface area contributed by atoms with Crippen LogP contribution in [0.25, 0.3) is 0 Å². The molecule has 2 aliphatic rings. The van der Waals surface area contributed by atoms with Crippen molar-refractivity contribution in [2.45, 2.75) is 51.5 Å². The van der Waals surface area contributed by atoms with Gasteiger partial charge in [-0.25, -0.2) is 0 Å². The van der Waals surface area contributed by atoms with E-state index in [2.05, 4.69) is 17.6 Å². The van der Waals surface area contributed by atoms with Gasteiger partial charge in [-0.1, -0.05) is 19.8 Å². The highest BCUT2D eigenvalue weighted by molar-refractivity contribution is 5.85. The predicted octanol–water partition coefficient (Wildman–Crippen LogP) is 2.12. The summed E-state index contributed by atoms with van der Waals surface area (Å²) < 4.78 is 5.33. The first-order chi connectivity index (χ1) is 9.18. The van der Waals surface area contributed by atoms with Crippen molar-refractivity contribution in [1.82, 2.24) is 10.6 Å². The predicted molar refractivity (Wildman–Crippen MR) is 83.2 cm³/mol. The minimum Gasteiger partial charge on any atom is -0.384 e. The molecule has 4 nitrogen and oxygen atoms in total. The second kappa shape index (κ2) is 8.20. The van der Waals surface area contributed by atoms with Crippen LogP contribution in [0.3, 0.4) is 0 Å². The van der Waals surface area contributed by atoms with E-state index in [1.54, 1.807) is 7.11 Å². The SMILES string of the molecule is COCC1(C(=O)NC2CCCCC2C)CCNCC1.Cl. The number of carbonyl (C=O) groups is 1. The van der Waals surface area contributed by atoms with E-state index in [0.717, 1.165) is 32.4 Å². The van der Waals surface area contributed by atoms with Gasteiger partial charge in [0.25, 0.3) is 0 Å². The molecule has 2 unspecified atom stereocenters. The molecule has 20 heavy (non-hydrogen) atoms. The first kappa shape index (κ1) is 17.7. The maximum Gasteiger partial charge on any atom is 0.228 e. The highest BCUT2D eigenvalue weighted by atomic mass is 35.5. The summed E-state index contributed by atoms with van der Waals surface area (Å²) in [6, 6.07) is 0.366. The van der Waals surface area contributed by atoms with Crippen molar-refractivity contribution in [3.8, 4) is 0 Å². The van der Waals surface area contributed by atoms with Crippen LogP contribution in [0.4, 0.5) is 0 Å². The number of methoxy groups -OCH3 is 1. The molecule has 0 aromatic rings. The summed E-state index contributed by atoms with van der Waals surface area (Å²) in [4.78, 5) is 12.7. The molecule has 1 heterocycles. The molecule has 0 aromatic carbocycles. The number of amides is 1. The lowest BCUT2D eigenvalue weighted by molar-refractivity contribution is -0.137. The van der Waals surface area contributed by atoms with Gasteiger partial charge in [0, 0.05) is 13.2 Å². The van der Waals surface area contributed by atoms with Crippen LogP contribution in [0, 0.1) is 11.3 Å². The van der Waals surface area contributed by atoms with Crippen molar-refractivity contribution in [3.63, 3.8) is 0 Å². The molecular weight excluding hydrogens is 276 g/mol. The first-order valence-electron chi connectivity index (χ1n) is 7.68. The Morgan fingerprint density at radius 3 is 2.55 bits per heavy atom. The maximum absolute atomic E-state index is 12.7. The Labute approximate surface area is 128 Å². The summed E-state index contributed by atoms with van der Waals surface area (Å²) in [5.74, 6) is 0.827. The molecule has 1 saturated carbocycles. The quantitative estimate of drug-likeness (QED) is 0.836. The van der Waals surface area contributed by atoms with Crippen LogP contribution in [-0.4, -0.2) is 38.8 Å². The second-order valence-electron chi connectivity index (χ2n) is 6.31. The molecule has 1 aliphatic heterocycles. The zero-order chi connectivity index (χ0) is 13.7. The molecule has 2 fully saturated rings. The number of ether oxygens (including phenoxy) is 1. The van der Waals surface area contributed by atoms with Crippen LogP contribution in [0.5, 0.6) is 0 Å². The Morgan fingerprint density at radius 1 is 1.30 bits per heavy atom. The summed E-state index contributed by atoms with van der Waals surface area (Å²) >= 11 is 0. The van der Waals surface area contributed by atoms with E-state index < -0.39 is 0 Å². The summed E-state index contributed by atoms with van der Waals surface area (Å²) in [5.41, 5.74) is -0.308. The van der Waals surface area contributed by atoms with Gasteiger partial charge >= 0.3 is 0 Å². The lowest BCUT2D eigenvalue weighted by Gasteiger charge is -2.38. The zero-order valence-corrected chi connectivity index (χ0v) is 13.6. The summed E-state index contributed by atoms with van der Waals surface area (Å²) in [6.45, 7) is 4.63. The van der Waals surface area contributed by atoms with Gasteiger partial charge in [0.2, 0.25) is 5.91 Å². The first-order valence-corrected chi connectivity index (χ1v) is 7.68. The van der Waals surface area contributed by atoms with E-state index in [1.807, 2.05) is 0 Å². The molecule has 2 atom stereocenters. The molecule has 118 valence electrons. The Kier molecular flexibility index (Phi) is 7.27. The molecular formula is C15H29ClN2O2. The highest BCUT2D eigenvalue weighted by Gasteiger charge is 2.40. The number of rotatable bonds is 4. The standard InChI is InChI=1S/C15H28N2O2.ClH/c1-12-5-3-4-6-13(12)17-14(18)15(11-19-2)7-9-16-10-8-15;/h12-13,16H,3-11H2,1-2H3,(H,17,18);1H. The smallest absolute Gasteiger partial charge is 0.228 e. The van der Waals surface area contributed by atoms with Crippen molar-refractivity contribution in [3.05, 3.63) is 0 Å². The Balaban J connectivity index is 0.00000200. The fourth-order valence-electron chi connectivity index (χ4n) is 3.47. The third-order valence-electron chi connectivity index (χ3n) is 4.89. The van der Waals surface area contributed by atoms with Crippen LogP contribution >= 0.6 is 12.4 Å². The van der Waals surface area contributed by atoms with E-state index in [4.69, 9.17) is 4.74 Å². The minimum atomic E-state index is -0.308. The molecule has 0 bridgehead atoms. The molecule has 2 rings (SSSR count). The van der Waals surface area contributed by atoms with Gasteiger partial charge < -0.3 is 15.4 Å². The van der Waals surface area contributed by atoms with Gasteiger partial charge in [0.05, 0.1) is 12.0 Å². The second-order valence-corrected chi connectivity index (χ2v) is 6.31. The van der Waals surface area contributed by atoms with Crippen molar-refractivity contribution < 1.29 is 9.53 Å². The van der Waals surface area contributed by atoms with E-state index >= 15 is 0 Å². The van der Waals surface area contributed by atoms with Crippen molar-refractivity contribution in [2.24, 2.45) is 11.3 Å². The lowest BCUT2D eigenvalue weighted by atomic mass is 9.77. The topological polar surface area (TPSA) is 50.4 Å². The third kappa shape index (κ3) is 4.09. The van der Waals surface area contributed by atoms with E-state index in [-0.39, 0.29) is 23.7 Å². The van der Waals surface area contributed by atoms with Gasteiger partial charge in [-0.3, -0.25) is 4.79 Å². The summed E-state index contributed by atoms with van der Waals surface area (Å²) in [7, 11) is 1.69. The molecule has 1 saturated heterocycles. The monoisotopic (exact) mass is 304 g/mol. The van der Waals surface area contributed by atoms with Crippen LogP contribution in [0.2, 0.25) is 0 Å². The molecule has 0 aromatic heterocycles. The third-order valence-corrected chi connectivity index (χ3v) is 4.89. The fourth-order valence-corrected chi connectivity index (χ4v) is 3.47. The van der Waals surface area contributed by atoms with Gasteiger partial charge in [0.1, 0.15) is 0 Å². The van der Waals surface area contributed by atoms with Crippen LogP contribution in [0.1, 0.15) is 45.4 Å². The van der Waals surface area contributed by atoms with Crippen LogP contribution < -0.4 is 10.6 Å².